The molecule has 2 atom stereocenters. The van der Waals surface area contributed by atoms with E-state index in [0.29, 0.717) is 0 Å². The summed E-state index contributed by atoms with van der Waals surface area (Å²) in [6.45, 7) is 0. The maximum Gasteiger partial charge on any atom is 0.327 e. The van der Waals surface area contributed by atoms with Gasteiger partial charge in [-0.1, -0.05) is 0 Å². The average molecular weight is 172 g/mol. The molecule has 1 saturated heterocycles. The Morgan fingerprint density at radius 2 is 1.75 bits per heavy atom. The number of nitrogens with zero attached hydrogens (tertiary/aromatic N) is 2. The van der Waals surface area contributed by atoms with E-state index < -0.39 is 24.1 Å². The Kier molecular flexibility index (Phi) is 2.03. The van der Waals surface area contributed by atoms with Gasteiger partial charge in [-0.15, -0.1) is 0 Å². The van der Waals surface area contributed by atoms with Gasteiger partial charge in [0.1, 0.15) is 12.2 Å². The molecule has 4 N–H and O–H groups in total. The van der Waals surface area contributed by atoms with Gasteiger partial charge in [-0.2, -0.15) is 0 Å². The van der Waals surface area contributed by atoms with E-state index in [2.05, 4.69) is 0 Å². The van der Waals surface area contributed by atoms with Crippen LogP contribution in [0.15, 0.2) is 0 Å². The number of hydrogen-bond donors (Lipinski definition) is 2. The molecule has 0 aromatic carbocycles. The second-order valence-electron chi connectivity index (χ2n) is 2.81. The van der Waals surface area contributed by atoms with Gasteiger partial charge in [-0.25, -0.2) is 4.79 Å². The van der Waals surface area contributed by atoms with Crippen molar-refractivity contribution >= 4 is 11.9 Å². The second-order valence-corrected chi connectivity index (χ2v) is 2.81. The maximum absolute atomic E-state index is 11.2. The lowest BCUT2D eigenvalue weighted by Crippen LogP contribution is -2.67. The van der Waals surface area contributed by atoms with Crippen LogP contribution in [0.1, 0.15) is 0 Å². The molecule has 0 aromatic heterocycles. The van der Waals surface area contributed by atoms with Crippen LogP contribution in [0, 0.1) is 0 Å². The highest BCUT2D eigenvalue weighted by Crippen LogP contribution is 2.08. The fraction of sp³-hybridized carbons (Fsp3) is 0.667. The molecule has 6 heteroatoms. The molecule has 3 amide bonds. The molecule has 0 spiro atoms. The van der Waals surface area contributed by atoms with Crippen molar-refractivity contribution in [3.05, 3.63) is 0 Å². The molecule has 1 fully saturated rings. The lowest BCUT2D eigenvalue weighted by Gasteiger charge is -2.37. The van der Waals surface area contributed by atoms with E-state index >= 15 is 0 Å². The number of imide groups is 1. The van der Waals surface area contributed by atoms with Gasteiger partial charge in [0.2, 0.25) is 0 Å². The zero-order valence-electron chi connectivity index (χ0n) is 7.02. The van der Waals surface area contributed by atoms with Crippen molar-refractivity contribution in [2.75, 3.05) is 14.1 Å². The number of hydrogen-bond acceptors (Lipinski definition) is 4. The van der Waals surface area contributed by atoms with Crippen LogP contribution in [-0.4, -0.2) is 48.0 Å². The maximum atomic E-state index is 11.2. The van der Waals surface area contributed by atoms with Gasteiger partial charge in [-0.05, 0) is 0 Å². The quantitative estimate of drug-likeness (QED) is 0.447. The topological polar surface area (TPSA) is 92.7 Å². The minimum absolute atomic E-state index is 0.422. The minimum atomic E-state index is -0.822. The predicted molar refractivity (Wildman–Crippen MR) is 41.9 cm³/mol. The molecule has 0 aromatic rings. The summed E-state index contributed by atoms with van der Waals surface area (Å²) in [4.78, 5) is 24.6. The lowest BCUT2D eigenvalue weighted by atomic mass is 10.1. The van der Waals surface area contributed by atoms with Crippen LogP contribution < -0.4 is 11.5 Å². The summed E-state index contributed by atoms with van der Waals surface area (Å²) in [6, 6.07) is -1.24. The Hall–Kier alpha value is -1.14. The lowest BCUT2D eigenvalue weighted by molar-refractivity contribution is -0.132. The first-order valence-corrected chi connectivity index (χ1v) is 3.52. The first-order valence-electron chi connectivity index (χ1n) is 3.52. The molecule has 0 aliphatic carbocycles. The predicted octanol–water partition coefficient (Wildman–Crippen LogP) is -1.88. The van der Waals surface area contributed by atoms with E-state index in [0.717, 1.165) is 4.90 Å². The van der Waals surface area contributed by atoms with Gasteiger partial charge < -0.3 is 16.4 Å². The Balaban J connectivity index is 2.91. The molecule has 0 radical (unpaired) electrons. The summed E-state index contributed by atoms with van der Waals surface area (Å²) in [5, 5.41) is 0. The molecular weight excluding hydrogens is 160 g/mol. The highest BCUT2D eigenvalue weighted by molar-refractivity contribution is 5.99. The molecule has 0 saturated carbocycles. The van der Waals surface area contributed by atoms with Crippen LogP contribution in [0.4, 0.5) is 4.79 Å². The Morgan fingerprint density at radius 3 is 2.25 bits per heavy atom. The average Bonchev–Trinajstić information content (AvgIpc) is 2.08. The van der Waals surface area contributed by atoms with Crippen LogP contribution in [0.2, 0.25) is 0 Å². The molecule has 68 valence electrons. The van der Waals surface area contributed by atoms with Crippen LogP contribution in [-0.2, 0) is 4.79 Å². The Morgan fingerprint density at radius 1 is 1.25 bits per heavy atom. The number of rotatable bonds is 0. The summed E-state index contributed by atoms with van der Waals surface area (Å²) in [6.07, 6.45) is -0.721. The van der Waals surface area contributed by atoms with Crippen molar-refractivity contribution < 1.29 is 9.59 Å². The Labute approximate surface area is 70.1 Å². The van der Waals surface area contributed by atoms with Crippen LogP contribution in [0.5, 0.6) is 0 Å². The van der Waals surface area contributed by atoms with E-state index in [1.54, 1.807) is 0 Å². The van der Waals surface area contributed by atoms with E-state index in [1.807, 2.05) is 0 Å². The largest absolute Gasteiger partial charge is 0.327 e. The monoisotopic (exact) mass is 172 g/mol. The number of amides is 3. The van der Waals surface area contributed by atoms with Crippen molar-refractivity contribution in [2.24, 2.45) is 11.5 Å². The number of carbonyl (C=O) groups excluding carboxylic acids is 2. The second kappa shape index (κ2) is 2.72. The smallest absolute Gasteiger partial charge is 0.317 e. The molecule has 1 aliphatic heterocycles. The number of likely N-dealkylation sites (N-methyl/N-ethyl adjacent to an activating group) is 2. The number of carbonyl (C=O) groups is 2. The molecule has 1 heterocycles. The standard InChI is InChI=1S/C6H12N4O2/c1-9-4(8)3(7)5(11)10(2)6(9)12/h3-4H,7-8H2,1-2H3/t3-,4-/m1/s1. The third-order valence-corrected chi connectivity index (χ3v) is 2.02. The number of urea groups is 1. The van der Waals surface area contributed by atoms with Crippen molar-refractivity contribution in [1.82, 2.24) is 9.80 Å². The van der Waals surface area contributed by atoms with E-state index in [9.17, 15) is 9.59 Å². The molecule has 6 nitrogen and oxygen atoms in total. The molecule has 1 aliphatic rings. The zero-order chi connectivity index (χ0) is 9.46. The van der Waals surface area contributed by atoms with Gasteiger partial charge >= 0.3 is 6.03 Å². The summed E-state index contributed by atoms with van der Waals surface area (Å²) >= 11 is 0. The minimum Gasteiger partial charge on any atom is -0.317 e. The van der Waals surface area contributed by atoms with Gasteiger partial charge in [0.05, 0.1) is 0 Å². The summed E-state index contributed by atoms with van der Waals surface area (Å²) < 4.78 is 0. The highest BCUT2D eigenvalue weighted by Gasteiger charge is 2.38. The zero-order valence-corrected chi connectivity index (χ0v) is 7.02. The van der Waals surface area contributed by atoms with Crippen LogP contribution >= 0.6 is 0 Å². The first kappa shape index (κ1) is 8.95. The van der Waals surface area contributed by atoms with Gasteiger partial charge in [-0.3, -0.25) is 9.69 Å². The van der Waals surface area contributed by atoms with Gasteiger partial charge in [0.15, 0.2) is 0 Å². The van der Waals surface area contributed by atoms with E-state index in [-0.39, 0.29) is 0 Å². The van der Waals surface area contributed by atoms with E-state index in [4.69, 9.17) is 11.5 Å². The van der Waals surface area contributed by atoms with Crippen molar-refractivity contribution in [2.45, 2.75) is 12.2 Å². The summed E-state index contributed by atoms with van der Waals surface area (Å²) in [5.41, 5.74) is 11.0. The molecule has 0 bridgehead atoms. The van der Waals surface area contributed by atoms with Gasteiger partial charge in [0, 0.05) is 14.1 Å². The Bertz CT molecular complexity index is 208. The highest BCUT2D eigenvalue weighted by atomic mass is 16.2. The molecular formula is C6H12N4O2. The van der Waals surface area contributed by atoms with Gasteiger partial charge in [0.25, 0.3) is 5.91 Å². The van der Waals surface area contributed by atoms with Crippen molar-refractivity contribution in [1.29, 1.82) is 0 Å². The summed E-state index contributed by atoms with van der Waals surface area (Å²) in [7, 11) is 2.89. The SMILES string of the molecule is CN1C(=O)[C@H](N)[C@H](N)N(C)C1=O. The van der Waals surface area contributed by atoms with Crippen molar-refractivity contribution in [3.8, 4) is 0 Å². The summed E-state index contributed by atoms with van der Waals surface area (Å²) in [5.74, 6) is -0.439. The fourth-order valence-electron chi connectivity index (χ4n) is 1.07. The third-order valence-electron chi connectivity index (χ3n) is 2.02. The fourth-order valence-corrected chi connectivity index (χ4v) is 1.07. The van der Waals surface area contributed by atoms with Crippen LogP contribution in [0.25, 0.3) is 0 Å². The van der Waals surface area contributed by atoms with Crippen molar-refractivity contribution in [3.63, 3.8) is 0 Å². The van der Waals surface area contributed by atoms with Crippen LogP contribution in [0.3, 0.4) is 0 Å². The third kappa shape index (κ3) is 1.05. The molecule has 12 heavy (non-hydrogen) atoms. The normalized spacial score (nSPS) is 31.3. The number of nitrogens with two attached hydrogens (primary N) is 2. The molecule has 0 unspecified atom stereocenters. The van der Waals surface area contributed by atoms with E-state index in [1.165, 1.54) is 19.0 Å². The molecule has 1 rings (SSSR count). The first-order chi connectivity index (χ1) is 5.46.